The smallest absolute Gasteiger partial charge is 0.208 e. The van der Waals surface area contributed by atoms with Crippen LogP contribution in [-0.4, -0.2) is 32.0 Å². The molecule has 4 nitrogen and oxygen atoms in total. The van der Waals surface area contributed by atoms with Gasteiger partial charge in [0.15, 0.2) is 4.34 Å². The van der Waals surface area contributed by atoms with Crippen molar-refractivity contribution in [2.75, 3.05) is 18.6 Å². The van der Waals surface area contributed by atoms with Crippen molar-refractivity contribution < 1.29 is 8.42 Å². The highest BCUT2D eigenvalue weighted by Crippen LogP contribution is 2.27. The summed E-state index contributed by atoms with van der Waals surface area (Å²) in [7, 11) is -3.10. The minimum absolute atomic E-state index is 0.420. The van der Waals surface area contributed by atoms with Crippen molar-refractivity contribution in [3.05, 3.63) is 35.7 Å². The lowest BCUT2D eigenvalue weighted by molar-refractivity contribution is 0.590. The SMILES string of the molecule is CS(=O)(=O)NCCSc1nc(-c2ccccc2)cs1. The van der Waals surface area contributed by atoms with Gasteiger partial charge in [0.2, 0.25) is 10.0 Å². The lowest BCUT2D eigenvalue weighted by atomic mass is 10.2. The first-order valence-corrected chi connectivity index (χ1v) is 9.39. The van der Waals surface area contributed by atoms with Crippen molar-refractivity contribution in [1.82, 2.24) is 9.71 Å². The molecule has 0 amide bonds. The molecule has 1 N–H and O–H groups in total. The van der Waals surface area contributed by atoms with Crippen LogP contribution in [0.2, 0.25) is 0 Å². The lowest BCUT2D eigenvalue weighted by Gasteiger charge is -1.99. The van der Waals surface area contributed by atoms with E-state index in [1.807, 2.05) is 35.7 Å². The molecule has 102 valence electrons. The Kier molecular flexibility index (Phi) is 4.98. The summed E-state index contributed by atoms with van der Waals surface area (Å²) in [5, 5.41) is 2.02. The zero-order chi connectivity index (χ0) is 13.7. The molecule has 0 fully saturated rings. The number of benzene rings is 1. The summed E-state index contributed by atoms with van der Waals surface area (Å²) in [5.41, 5.74) is 2.06. The molecule has 19 heavy (non-hydrogen) atoms. The second-order valence-corrected chi connectivity index (χ2v) is 7.91. The maximum Gasteiger partial charge on any atom is 0.208 e. The second kappa shape index (κ2) is 6.51. The van der Waals surface area contributed by atoms with E-state index in [1.54, 1.807) is 23.1 Å². The van der Waals surface area contributed by atoms with Gasteiger partial charge in [0.1, 0.15) is 0 Å². The van der Waals surface area contributed by atoms with E-state index in [-0.39, 0.29) is 0 Å². The quantitative estimate of drug-likeness (QED) is 0.657. The predicted molar refractivity (Wildman–Crippen MR) is 81.1 cm³/mol. The number of sulfonamides is 1. The van der Waals surface area contributed by atoms with Crippen LogP contribution < -0.4 is 4.72 Å². The van der Waals surface area contributed by atoms with E-state index < -0.39 is 10.0 Å². The number of hydrogen-bond acceptors (Lipinski definition) is 5. The molecule has 0 aliphatic heterocycles. The number of thioether (sulfide) groups is 1. The van der Waals surface area contributed by atoms with Gasteiger partial charge in [0, 0.05) is 23.2 Å². The van der Waals surface area contributed by atoms with Gasteiger partial charge in [-0.05, 0) is 0 Å². The Balaban J connectivity index is 1.88. The van der Waals surface area contributed by atoms with Crippen LogP contribution in [0.3, 0.4) is 0 Å². The normalized spacial score (nSPS) is 11.6. The number of nitrogens with zero attached hydrogens (tertiary/aromatic N) is 1. The highest BCUT2D eigenvalue weighted by atomic mass is 32.2. The van der Waals surface area contributed by atoms with Crippen LogP contribution >= 0.6 is 23.1 Å². The fraction of sp³-hybridized carbons (Fsp3) is 0.250. The monoisotopic (exact) mass is 314 g/mol. The number of nitrogens with one attached hydrogen (secondary N) is 1. The Morgan fingerprint density at radius 1 is 1.32 bits per heavy atom. The van der Waals surface area contributed by atoms with Gasteiger partial charge in [-0.25, -0.2) is 18.1 Å². The summed E-state index contributed by atoms with van der Waals surface area (Å²) < 4.78 is 25.2. The molecule has 2 rings (SSSR count). The molecule has 0 radical (unpaired) electrons. The summed E-state index contributed by atoms with van der Waals surface area (Å²) >= 11 is 3.13. The van der Waals surface area contributed by atoms with E-state index in [0.29, 0.717) is 12.3 Å². The van der Waals surface area contributed by atoms with Crippen LogP contribution in [0, 0.1) is 0 Å². The molecule has 0 saturated heterocycles. The summed E-state index contributed by atoms with van der Waals surface area (Å²) in [6.45, 7) is 0.420. The third-order valence-corrected chi connectivity index (χ3v) is 5.00. The summed E-state index contributed by atoms with van der Waals surface area (Å²) in [5.74, 6) is 0.675. The average Bonchev–Trinajstić information content (AvgIpc) is 2.83. The van der Waals surface area contributed by atoms with E-state index >= 15 is 0 Å². The van der Waals surface area contributed by atoms with Crippen molar-refractivity contribution in [2.45, 2.75) is 4.34 Å². The predicted octanol–water partition coefficient (Wildman–Crippen LogP) is 2.45. The Bertz CT molecular complexity index is 623. The molecule has 2 aromatic rings. The van der Waals surface area contributed by atoms with Crippen LogP contribution in [0.15, 0.2) is 40.1 Å². The van der Waals surface area contributed by atoms with Crippen LogP contribution in [-0.2, 0) is 10.0 Å². The largest absolute Gasteiger partial charge is 0.230 e. The van der Waals surface area contributed by atoms with E-state index in [0.717, 1.165) is 21.9 Å². The maximum absolute atomic E-state index is 10.9. The van der Waals surface area contributed by atoms with E-state index in [2.05, 4.69) is 9.71 Å². The number of aromatic nitrogens is 1. The van der Waals surface area contributed by atoms with Gasteiger partial charge in [0.05, 0.1) is 11.9 Å². The summed E-state index contributed by atoms with van der Waals surface area (Å²) in [6.07, 6.45) is 1.16. The molecule has 7 heteroatoms. The molecule has 0 bridgehead atoms. The van der Waals surface area contributed by atoms with Crippen molar-refractivity contribution in [2.24, 2.45) is 0 Å². The van der Waals surface area contributed by atoms with Crippen molar-refractivity contribution in [3.8, 4) is 11.3 Å². The van der Waals surface area contributed by atoms with E-state index in [4.69, 9.17) is 0 Å². The van der Waals surface area contributed by atoms with Gasteiger partial charge in [-0.1, -0.05) is 42.1 Å². The Labute approximate surface area is 121 Å². The van der Waals surface area contributed by atoms with Gasteiger partial charge in [0.25, 0.3) is 0 Å². The van der Waals surface area contributed by atoms with Crippen LogP contribution in [0.1, 0.15) is 0 Å². The molecular weight excluding hydrogens is 300 g/mol. The van der Waals surface area contributed by atoms with Gasteiger partial charge < -0.3 is 0 Å². The van der Waals surface area contributed by atoms with Gasteiger partial charge >= 0.3 is 0 Å². The Morgan fingerprint density at radius 2 is 2.05 bits per heavy atom. The molecular formula is C12H14N2O2S3. The van der Waals surface area contributed by atoms with Gasteiger partial charge in [-0.3, -0.25) is 0 Å². The number of thiazole rings is 1. The van der Waals surface area contributed by atoms with Crippen LogP contribution in [0.5, 0.6) is 0 Å². The number of rotatable bonds is 6. The zero-order valence-electron chi connectivity index (χ0n) is 10.4. The van der Waals surface area contributed by atoms with Crippen LogP contribution in [0.25, 0.3) is 11.3 Å². The first-order chi connectivity index (χ1) is 9.04. The van der Waals surface area contributed by atoms with E-state index in [9.17, 15) is 8.42 Å². The fourth-order valence-corrected chi connectivity index (χ4v) is 3.79. The molecule has 0 spiro atoms. The third-order valence-electron chi connectivity index (χ3n) is 2.24. The van der Waals surface area contributed by atoms with Gasteiger partial charge in [-0.2, -0.15) is 0 Å². The fourth-order valence-electron chi connectivity index (χ4n) is 1.43. The molecule has 0 unspecified atom stereocenters. The molecule has 1 aromatic heterocycles. The second-order valence-electron chi connectivity index (χ2n) is 3.88. The average molecular weight is 314 g/mol. The third kappa shape index (κ3) is 4.94. The Hall–Kier alpha value is -0.890. The van der Waals surface area contributed by atoms with E-state index in [1.165, 1.54) is 0 Å². The number of hydrogen-bond donors (Lipinski definition) is 1. The molecule has 0 aliphatic rings. The molecule has 1 heterocycles. The molecule has 0 saturated carbocycles. The topological polar surface area (TPSA) is 59.1 Å². The molecule has 0 atom stereocenters. The first-order valence-electron chi connectivity index (χ1n) is 5.63. The highest BCUT2D eigenvalue weighted by Gasteiger charge is 2.05. The molecule has 1 aromatic carbocycles. The summed E-state index contributed by atoms with van der Waals surface area (Å²) in [4.78, 5) is 4.52. The van der Waals surface area contributed by atoms with Crippen molar-refractivity contribution in [1.29, 1.82) is 0 Å². The highest BCUT2D eigenvalue weighted by molar-refractivity contribution is 8.01. The standard InChI is InChI=1S/C12H14N2O2S3/c1-19(15,16)13-7-8-17-12-14-11(9-18-12)10-5-3-2-4-6-10/h2-6,9,13H,7-8H2,1H3. The Morgan fingerprint density at radius 3 is 2.74 bits per heavy atom. The minimum atomic E-state index is -3.10. The van der Waals surface area contributed by atoms with Crippen molar-refractivity contribution >= 4 is 33.1 Å². The summed E-state index contributed by atoms with van der Waals surface area (Å²) in [6, 6.07) is 9.99. The minimum Gasteiger partial charge on any atom is -0.230 e. The first kappa shape index (κ1) is 14.5. The lowest BCUT2D eigenvalue weighted by Crippen LogP contribution is -2.24. The zero-order valence-corrected chi connectivity index (χ0v) is 12.8. The van der Waals surface area contributed by atoms with Crippen molar-refractivity contribution in [3.63, 3.8) is 0 Å². The molecule has 0 aliphatic carbocycles. The maximum atomic E-state index is 10.9. The van der Waals surface area contributed by atoms with Crippen LogP contribution in [0.4, 0.5) is 0 Å². The van der Waals surface area contributed by atoms with Gasteiger partial charge in [-0.15, -0.1) is 11.3 Å².